The van der Waals surface area contributed by atoms with Crippen LogP contribution in [0.1, 0.15) is 48.6 Å². The van der Waals surface area contributed by atoms with Gasteiger partial charge in [0.2, 0.25) is 11.8 Å². The van der Waals surface area contributed by atoms with Crippen LogP contribution in [0.25, 0.3) is 0 Å². The Kier molecular flexibility index (Phi) is 7.90. The second kappa shape index (κ2) is 11.2. The van der Waals surface area contributed by atoms with Gasteiger partial charge in [-0.15, -0.1) is 11.3 Å². The van der Waals surface area contributed by atoms with Crippen LogP contribution in [-0.4, -0.2) is 17.9 Å². The average Bonchev–Trinajstić information content (AvgIpc) is 3.36. The van der Waals surface area contributed by atoms with Gasteiger partial charge in [-0.25, -0.2) is 4.39 Å². The quantitative estimate of drug-likeness (QED) is 0.432. The van der Waals surface area contributed by atoms with E-state index in [1.54, 1.807) is 18.2 Å². The molecule has 1 unspecified atom stereocenters. The molecule has 0 radical (unpaired) electrons. The molecule has 1 heterocycles. The zero-order valence-corrected chi connectivity index (χ0v) is 19.4. The first-order chi connectivity index (χ1) is 16.5. The Bertz CT molecular complexity index is 1120. The van der Waals surface area contributed by atoms with Gasteiger partial charge in [0.05, 0.1) is 6.42 Å². The van der Waals surface area contributed by atoms with Crippen molar-refractivity contribution in [2.24, 2.45) is 0 Å². The van der Waals surface area contributed by atoms with Crippen molar-refractivity contribution >= 4 is 28.8 Å². The number of hydrogen-bond donors (Lipinski definition) is 1. The van der Waals surface area contributed by atoms with Crippen molar-refractivity contribution in [3.8, 4) is 5.75 Å². The highest BCUT2D eigenvalue weighted by Crippen LogP contribution is 2.32. The van der Waals surface area contributed by atoms with Crippen molar-refractivity contribution in [3.05, 3.63) is 82.3 Å². The largest absolute Gasteiger partial charge is 0.351 e. The van der Waals surface area contributed by atoms with Gasteiger partial charge in [-0.05, 0) is 60.2 Å². The van der Waals surface area contributed by atoms with Crippen LogP contribution in [-0.2, 0) is 16.0 Å². The number of halogens is 2. The lowest BCUT2D eigenvalue weighted by atomic mass is 9.94. The lowest BCUT2D eigenvalue weighted by Crippen LogP contribution is -2.47. The Hall–Kier alpha value is -3.26. The molecule has 0 bridgehead atoms. The molecule has 2 aromatic carbocycles. The van der Waals surface area contributed by atoms with Gasteiger partial charge in [-0.1, -0.05) is 43.5 Å². The van der Waals surface area contributed by atoms with E-state index in [9.17, 15) is 18.5 Å². The summed E-state index contributed by atoms with van der Waals surface area (Å²) >= 11 is 1.43. The highest BCUT2D eigenvalue weighted by atomic mass is 32.1. The molecule has 8 heteroatoms. The minimum Gasteiger partial charge on any atom is -0.351 e. The summed E-state index contributed by atoms with van der Waals surface area (Å²) in [6, 6.07) is 14.1. The number of rotatable bonds is 8. The van der Waals surface area contributed by atoms with Crippen molar-refractivity contribution in [1.82, 2.24) is 5.32 Å². The van der Waals surface area contributed by atoms with Gasteiger partial charge in [0.1, 0.15) is 11.9 Å². The molecule has 1 saturated carbocycles. The Labute approximate surface area is 201 Å². The van der Waals surface area contributed by atoms with E-state index < -0.39 is 17.8 Å². The summed E-state index contributed by atoms with van der Waals surface area (Å²) in [6.45, 7) is 0. The van der Waals surface area contributed by atoms with E-state index in [4.69, 9.17) is 0 Å². The van der Waals surface area contributed by atoms with Crippen LogP contribution in [0.3, 0.4) is 0 Å². The highest BCUT2D eigenvalue weighted by Gasteiger charge is 2.34. The molecular formula is C26H26F2N2O3S. The average molecular weight is 485 g/mol. The topological polar surface area (TPSA) is 58.6 Å². The molecule has 3 aromatic rings. The molecular weight excluding hydrogens is 458 g/mol. The number of anilines is 1. The Morgan fingerprint density at radius 3 is 2.56 bits per heavy atom. The van der Waals surface area contributed by atoms with Gasteiger partial charge < -0.3 is 5.32 Å². The molecule has 178 valence electrons. The summed E-state index contributed by atoms with van der Waals surface area (Å²) in [4.78, 5) is 33.3. The molecule has 34 heavy (non-hydrogen) atoms. The lowest BCUT2D eigenvalue weighted by Gasteiger charge is -2.33. The van der Waals surface area contributed by atoms with Gasteiger partial charge in [0.25, 0.3) is 0 Å². The summed E-state index contributed by atoms with van der Waals surface area (Å²) in [5.74, 6) is -1.38. The summed E-state index contributed by atoms with van der Waals surface area (Å²) in [5.41, 5.74) is 0.615. The maximum absolute atomic E-state index is 14.2. The monoisotopic (exact) mass is 484 g/mol. The number of nitrogens with zero attached hydrogens (tertiary/aromatic N) is 1. The Morgan fingerprint density at radius 1 is 1.06 bits per heavy atom. The fourth-order valence-corrected chi connectivity index (χ4v) is 5.08. The van der Waals surface area contributed by atoms with Crippen molar-refractivity contribution in [3.63, 3.8) is 0 Å². The normalized spacial score (nSPS) is 14.9. The third kappa shape index (κ3) is 5.80. The maximum atomic E-state index is 14.2. The molecule has 5 nitrogen and oxygen atoms in total. The third-order valence-corrected chi connectivity index (χ3v) is 6.86. The van der Waals surface area contributed by atoms with Crippen LogP contribution in [0.2, 0.25) is 0 Å². The number of thiophene rings is 1. The molecule has 1 atom stereocenters. The molecule has 0 aliphatic heterocycles. The smallest absolute Gasteiger partial charge is 0.248 e. The van der Waals surface area contributed by atoms with E-state index in [1.807, 2.05) is 17.5 Å². The predicted molar refractivity (Wildman–Crippen MR) is 128 cm³/mol. The summed E-state index contributed by atoms with van der Waals surface area (Å²) in [5, 5.41) is 4.94. The number of nitrogens with one attached hydrogen (secondary N) is 1. The maximum Gasteiger partial charge on any atom is 0.248 e. The second-order valence-electron chi connectivity index (χ2n) is 8.40. The zero-order valence-electron chi connectivity index (χ0n) is 18.6. The summed E-state index contributed by atoms with van der Waals surface area (Å²) in [6.07, 6.45) is 4.92. The Balaban J connectivity index is 1.76. The van der Waals surface area contributed by atoms with E-state index >= 15 is 0 Å². The number of hydrogen-bond acceptors (Lipinski definition) is 4. The van der Waals surface area contributed by atoms with Gasteiger partial charge in [-0.3, -0.25) is 19.4 Å². The van der Waals surface area contributed by atoms with Crippen LogP contribution in [0.5, 0.6) is 5.75 Å². The van der Waals surface area contributed by atoms with Crippen LogP contribution < -0.4 is 15.2 Å². The van der Waals surface area contributed by atoms with Crippen LogP contribution in [0, 0.1) is 5.82 Å². The number of benzene rings is 2. The lowest BCUT2D eigenvalue weighted by molar-refractivity contribution is -0.127. The van der Waals surface area contributed by atoms with Crippen LogP contribution >= 0.6 is 11.3 Å². The van der Waals surface area contributed by atoms with E-state index in [0.717, 1.165) is 37.0 Å². The molecule has 1 aliphatic carbocycles. The minimum absolute atomic E-state index is 0.00823. The number of carbonyl (C=O) groups is 2. The van der Waals surface area contributed by atoms with Crippen molar-refractivity contribution in [2.75, 3.05) is 4.90 Å². The molecule has 1 aliphatic rings. The first-order valence-corrected chi connectivity index (χ1v) is 12.2. The van der Waals surface area contributed by atoms with Crippen molar-refractivity contribution in [2.45, 2.75) is 50.6 Å². The number of carbonyl (C=O) groups excluding carboxylic acids is 2. The van der Waals surface area contributed by atoms with Crippen molar-refractivity contribution < 1.29 is 23.4 Å². The predicted octanol–water partition coefficient (Wildman–Crippen LogP) is 5.92. The van der Waals surface area contributed by atoms with Crippen molar-refractivity contribution in [1.29, 1.82) is 0 Å². The van der Waals surface area contributed by atoms with Gasteiger partial charge >= 0.3 is 0 Å². The second-order valence-corrected chi connectivity index (χ2v) is 9.43. The van der Waals surface area contributed by atoms with Gasteiger partial charge in [-0.2, -0.15) is 0 Å². The molecule has 1 N–H and O–H groups in total. The first kappa shape index (κ1) is 23.9. The van der Waals surface area contributed by atoms with Gasteiger partial charge in [0.15, 0.2) is 5.75 Å². The van der Waals surface area contributed by atoms with E-state index in [-0.39, 0.29) is 29.8 Å². The minimum atomic E-state index is -1.13. The van der Waals surface area contributed by atoms with E-state index in [0.29, 0.717) is 5.56 Å². The number of amides is 2. The zero-order chi connectivity index (χ0) is 23.9. The van der Waals surface area contributed by atoms with E-state index in [2.05, 4.69) is 10.3 Å². The molecule has 0 saturated heterocycles. The third-order valence-electron chi connectivity index (χ3n) is 5.98. The molecule has 1 fully saturated rings. The molecule has 1 aromatic heterocycles. The van der Waals surface area contributed by atoms with E-state index in [1.165, 1.54) is 46.6 Å². The summed E-state index contributed by atoms with van der Waals surface area (Å²) < 4.78 is 27.2. The SMILES string of the molecule is O=C(NC1CCCCC1)C(c1cccc(OF)c1)N(C(=O)Cc1cccs1)c1cccc(F)c1. The van der Waals surface area contributed by atoms with Gasteiger partial charge in [0, 0.05) is 21.1 Å². The molecule has 0 spiro atoms. The molecule has 2 amide bonds. The van der Waals surface area contributed by atoms with Crippen LogP contribution in [0.4, 0.5) is 14.6 Å². The highest BCUT2D eigenvalue weighted by molar-refractivity contribution is 7.10. The fraction of sp³-hybridized carbons (Fsp3) is 0.308. The van der Waals surface area contributed by atoms with Crippen LogP contribution in [0.15, 0.2) is 66.0 Å². The summed E-state index contributed by atoms with van der Waals surface area (Å²) in [7, 11) is 0. The fourth-order valence-electron chi connectivity index (χ4n) is 4.39. The Morgan fingerprint density at radius 2 is 1.85 bits per heavy atom. The first-order valence-electron chi connectivity index (χ1n) is 11.3. The standard InChI is InChI=1S/C26H26F2N2O3S/c27-19-8-5-11-21(16-19)30(24(31)17-23-13-6-14-34-23)25(18-7-4-12-22(15-18)33-28)26(32)29-20-9-2-1-3-10-20/h4-8,11-16,20,25H,1-3,9-10,17H2,(H,29,32). The molecule has 4 rings (SSSR count).